The maximum atomic E-state index is 3.43. The van der Waals surface area contributed by atoms with E-state index in [4.69, 9.17) is 0 Å². The summed E-state index contributed by atoms with van der Waals surface area (Å²) in [5.41, 5.74) is 0. The summed E-state index contributed by atoms with van der Waals surface area (Å²) < 4.78 is 0. The van der Waals surface area contributed by atoms with Crippen molar-refractivity contribution in [3.05, 3.63) is 0 Å². The highest BCUT2D eigenvalue weighted by Crippen LogP contribution is 2.11. The summed E-state index contributed by atoms with van der Waals surface area (Å²) in [6.07, 6.45) is 11.2. The van der Waals surface area contributed by atoms with Gasteiger partial charge in [0.2, 0.25) is 0 Å². The molecule has 2 nitrogen and oxygen atoms in total. The van der Waals surface area contributed by atoms with E-state index >= 15 is 0 Å². The molecule has 1 aliphatic rings. The summed E-state index contributed by atoms with van der Waals surface area (Å²) in [5, 5.41) is 3.43. The Morgan fingerprint density at radius 3 is 2.31 bits per heavy atom. The number of hydrogen-bond acceptors (Lipinski definition) is 2. The standard InChI is InChI=1S/C14H30N2/c1-3-4-5-6-7-8-13-16(2)14-9-11-15-12-10-14/h14-15H,3-13H2,1-2H3. The van der Waals surface area contributed by atoms with Crippen LogP contribution in [0.3, 0.4) is 0 Å². The second kappa shape index (κ2) is 9.00. The van der Waals surface area contributed by atoms with Crippen LogP contribution in [0.25, 0.3) is 0 Å². The average Bonchev–Trinajstić information content (AvgIpc) is 2.34. The van der Waals surface area contributed by atoms with Crippen molar-refractivity contribution >= 4 is 0 Å². The summed E-state index contributed by atoms with van der Waals surface area (Å²) in [6.45, 7) is 6.01. The SMILES string of the molecule is CCCCCCCCN(C)C1CCNCC1. The Labute approximate surface area is 102 Å². The van der Waals surface area contributed by atoms with Crippen LogP contribution in [0.1, 0.15) is 58.3 Å². The second-order valence-corrected chi connectivity index (χ2v) is 5.23. The Morgan fingerprint density at radius 1 is 1.00 bits per heavy atom. The third kappa shape index (κ3) is 5.86. The van der Waals surface area contributed by atoms with Gasteiger partial charge in [-0.2, -0.15) is 0 Å². The molecule has 1 N–H and O–H groups in total. The van der Waals surface area contributed by atoms with Gasteiger partial charge in [-0.25, -0.2) is 0 Å². The minimum absolute atomic E-state index is 0.844. The van der Waals surface area contributed by atoms with Gasteiger partial charge in [0.25, 0.3) is 0 Å². The van der Waals surface area contributed by atoms with Crippen LogP contribution in [0.5, 0.6) is 0 Å². The van der Waals surface area contributed by atoms with E-state index in [-0.39, 0.29) is 0 Å². The van der Waals surface area contributed by atoms with Gasteiger partial charge in [0.15, 0.2) is 0 Å². The Bertz CT molecular complexity index is 153. The maximum absolute atomic E-state index is 3.43. The Morgan fingerprint density at radius 2 is 1.62 bits per heavy atom. The zero-order valence-corrected chi connectivity index (χ0v) is 11.3. The fourth-order valence-electron chi connectivity index (χ4n) is 2.57. The van der Waals surface area contributed by atoms with Gasteiger partial charge in [0.1, 0.15) is 0 Å². The highest BCUT2D eigenvalue weighted by molar-refractivity contribution is 4.75. The molecule has 1 heterocycles. The van der Waals surface area contributed by atoms with E-state index in [1.807, 2.05) is 0 Å². The van der Waals surface area contributed by atoms with Crippen molar-refractivity contribution in [1.29, 1.82) is 0 Å². The van der Waals surface area contributed by atoms with Gasteiger partial charge < -0.3 is 10.2 Å². The number of rotatable bonds is 8. The lowest BCUT2D eigenvalue weighted by Crippen LogP contribution is -2.41. The maximum Gasteiger partial charge on any atom is 0.0116 e. The molecule has 0 spiro atoms. The van der Waals surface area contributed by atoms with E-state index < -0.39 is 0 Å². The fraction of sp³-hybridized carbons (Fsp3) is 1.00. The highest BCUT2D eigenvalue weighted by Gasteiger charge is 2.16. The lowest BCUT2D eigenvalue weighted by molar-refractivity contribution is 0.195. The van der Waals surface area contributed by atoms with Crippen molar-refractivity contribution in [2.24, 2.45) is 0 Å². The predicted molar refractivity (Wildman–Crippen MR) is 71.9 cm³/mol. The van der Waals surface area contributed by atoms with Gasteiger partial charge in [0, 0.05) is 6.04 Å². The third-order valence-corrected chi connectivity index (χ3v) is 3.80. The summed E-state index contributed by atoms with van der Waals surface area (Å²) in [7, 11) is 2.31. The van der Waals surface area contributed by atoms with Gasteiger partial charge in [0.05, 0.1) is 0 Å². The van der Waals surface area contributed by atoms with Crippen LogP contribution < -0.4 is 5.32 Å². The summed E-state index contributed by atoms with van der Waals surface area (Å²) in [4.78, 5) is 2.58. The molecule has 1 fully saturated rings. The van der Waals surface area contributed by atoms with Crippen molar-refractivity contribution in [2.75, 3.05) is 26.7 Å². The lowest BCUT2D eigenvalue weighted by Gasteiger charge is -2.31. The molecule has 0 unspecified atom stereocenters. The lowest BCUT2D eigenvalue weighted by atomic mass is 10.0. The second-order valence-electron chi connectivity index (χ2n) is 5.23. The van der Waals surface area contributed by atoms with Gasteiger partial charge >= 0.3 is 0 Å². The molecule has 16 heavy (non-hydrogen) atoms. The zero-order chi connectivity index (χ0) is 11.6. The fourth-order valence-corrected chi connectivity index (χ4v) is 2.57. The Hall–Kier alpha value is -0.0800. The third-order valence-electron chi connectivity index (χ3n) is 3.80. The first-order chi connectivity index (χ1) is 7.84. The Balaban J connectivity index is 1.94. The molecule has 1 saturated heterocycles. The van der Waals surface area contributed by atoms with Crippen molar-refractivity contribution in [3.8, 4) is 0 Å². The first-order valence-electron chi connectivity index (χ1n) is 7.25. The number of hydrogen-bond donors (Lipinski definition) is 1. The molecule has 0 aromatic carbocycles. The topological polar surface area (TPSA) is 15.3 Å². The highest BCUT2D eigenvalue weighted by atomic mass is 15.1. The molecule has 0 aliphatic carbocycles. The van der Waals surface area contributed by atoms with Crippen LogP contribution in [0.4, 0.5) is 0 Å². The molecule has 2 heteroatoms. The number of unbranched alkanes of at least 4 members (excludes halogenated alkanes) is 5. The van der Waals surface area contributed by atoms with E-state index in [1.54, 1.807) is 0 Å². The summed E-state index contributed by atoms with van der Waals surface area (Å²) >= 11 is 0. The number of piperidine rings is 1. The van der Waals surface area contributed by atoms with Crippen LogP contribution in [0, 0.1) is 0 Å². The van der Waals surface area contributed by atoms with E-state index in [0.29, 0.717) is 0 Å². The summed E-state index contributed by atoms with van der Waals surface area (Å²) in [6, 6.07) is 0.844. The zero-order valence-electron chi connectivity index (χ0n) is 11.3. The molecule has 0 radical (unpaired) electrons. The number of nitrogens with one attached hydrogen (secondary N) is 1. The first kappa shape index (κ1) is 14.0. The van der Waals surface area contributed by atoms with Gasteiger partial charge in [-0.15, -0.1) is 0 Å². The minimum Gasteiger partial charge on any atom is -0.317 e. The molecular formula is C14H30N2. The van der Waals surface area contributed by atoms with Gasteiger partial charge in [-0.05, 0) is 45.9 Å². The van der Waals surface area contributed by atoms with Crippen molar-refractivity contribution < 1.29 is 0 Å². The quantitative estimate of drug-likeness (QED) is 0.640. The van der Waals surface area contributed by atoms with Crippen molar-refractivity contribution in [1.82, 2.24) is 10.2 Å². The van der Waals surface area contributed by atoms with Crippen LogP contribution in [-0.4, -0.2) is 37.6 Å². The van der Waals surface area contributed by atoms with E-state index in [2.05, 4.69) is 24.2 Å². The molecule has 1 aliphatic heterocycles. The average molecular weight is 226 g/mol. The monoisotopic (exact) mass is 226 g/mol. The van der Waals surface area contributed by atoms with Crippen molar-refractivity contribution in [2.45, 2.75) is 64.3 Å². The van der Waals surface area contributed by atoms with Crippen LogP contribution in [0.2, 0.25) is 0 Å². The van der Waals surface area contributed by atoms with Crippen LogP contribution >= 0.6 is 0 Å². The Kier molecular flexibility index (Phi) is 7.87. The van der Waals surface area contributed by atoms with E-state index in [9.17, 15) is 0 Å². The molecule has 96 valence electrons. The van der Waals surface area contributed by atoms with E-state index in [0.717, 1.165) is 6.04 Å². The smallest absolute Gasteiger partial charge is 0.0116 e. The molecule has 1 rings (SSSR count). The molecular weight excluding hydrogens is 196 g/mol. The van der Waals surface area contributed by atoms with Gasteiger partial charge in [-0.1, -0.05) is 39.0 Å². The molecule has 0 atom stereocenters. The van der Waals surface area contributed by atoms with Crippen LogP contribution in [0.15, 0.2) is 0 Å². The predicted octanol–water partition coefficient (Wildman–Crippen LogP) is 3.03. The van der Waals surface area contributed by atoms with Crippen molar-refractivity contribution in [3.63, 3.8) is 0 Å². The largest absolute Gasteiger partial charge is 0.317 e. The number of nitrogens with zero attached hydrogens (tertiary/aromatic N) is 1. The normalized spacial score (nSPS) is 18.2. The molecule has 0 aromatic rings. The molecule has 0 saturated carbocycles. The molecule has 0 bridgehead atoms. The van der Waals surface area contributed by atoms with Crippen LogP contribution in [-0.2, 0) is 0 Å². The molecule has 0 aromatic heterocycles. The molecule has 0 amide bonds. The summed E-state index contributed by atoms with van der Waals surface area (Å²) in [5.74, 6) is 0. The first-order valence-corrected chi connectivity index (χ1v) is 7.25. The minimum atomic E-state index is 0.844. The van der Waals surface area contributed by atoms with E-state index in [1.165, 1.54) is 71.0 Å². The van der Waals surface area contributed by atoms with Gasteiger partial charge in [-0.3, -0.25) is 0 Å².